The van der Waals surface area contributed by atoms with Gasteiger partial charge < -0.3 is 5.32 Å². The van der Waals surface area contributed by atoms with Crippen molar-refractivity contribution >= 4 is 5.71 Å². The van der Waals surface area contributed by atoms with E-state index in [2.05, 4.69) is 23.0 Å². The average molecular weight is 239 g/mol. The Kier molecular flexibility index (Phi) is 4.89. The summed E-state index contributed by atoms with van der Waals surface area (Å²) in [5, 5.41) is 11.6. The van der Waals surface area contributed by atoms with Crippen LogP contribution in [-0.2, 0) is 0 Å². The highest BCUT2D eigenvalue weighted by Gasteiger charge is 1.99. The number of benzene rings is 1. The number of nitriles is 1. The van der Waals surface area contributed by atoms with Crippen molar-refractivity contribution in [1.29, 1.82) is 5.26 Å². The molecule has 0 saturated heterocycles. The smallest absolute Gasteiger partial charge is 0.127 e. The second-order valence-corrected chi connectivity index (χ2v) is 3.98. The van der Waals surface area contributed by atoms with E-state index in [1.54, 1.807) is 13.1 Å². The van der Waals surface area contributed by atoms with E-state index in [1.165, 1.54) is 5.56 Å². The Morgan fingerprint density at radius 1 is 1.50 bits per heavy atom. The van der Waals surface area contributed by atoms with Gasteiger partial charge in [-0.25, -0.2) is 4.99 Å². The Morgan fingerprint density at radius 3 is 2.78 bits per heavy atom. The lowest BCUT2D eigenvalue weighted by atomic mass is 10.1. The number of nitrogens with zero attached hydrogens (tertiary/aromatic N) is 2. The van der Waals surface area contributed by atoms with Crippen LogP contribution in [0.2, 0.25) is 0 Å². The summed E-state index contributed by atoms with van der Waals surface area (Å²) in [6.45, 7) is 7.59. The largest absolute Gasteiger partial charge is 0.373 e. The van der Waals surface area contributed by atoms with E-state index in [1.807, 2.05) is 38.1 Å². The van der Waals surface area contributed by atoms with E-state index in [4.69, 9.17) is 5.26 Å². The first kappa shape index (κ1) is 13.7. The third-order valence-corrected chi connectivity index (χ3v) is 2.43. The van der Waals surface area contributed by atoms with E-state index in [9.17, 15) is 0 Å². The van der Waals surface area contributed by atoms with Crippen LogP contribution >= 0.6 is 0 Å². The van der Waals surface area contributed by atoms with Crippen molar-refractivity contribution in [3.63, 3.8) is 0 Å². The molecule has 0 heterocycles. The monoisotopic (exact) mass is 239 g/mol. The van der Waals surface area contributed by atoms with Crippen LogP contribution in [0.3, 0.4) is 0 Å². The lowest BCUT2D eigenvalue weighted by Crippen LogP contribution is -2.07. The van der Waals surface area contributed by atoms with Gasteiger partial charge in [-0.1, -0.05) is 36.4 Å². The highest BCUT2D eigenvalue weighted by molar-refractivity contribution is 5.99. The molecule has 0 unspecified atom stereocenters. The van der Waals surface area contributed by atoms with Crippen molar-refractivity contribution in [2.24, 2.45) is 4.99 Å². The lowest BCUT2D eigenvalue weighted by molar-refractivity contribution is 0.963. The maximum absolute atomic E-state index is 8.70. The normalized spacial score (nSPS) is 11.9. The van der Waals surface area contributed by atoms with Gasteiger partial charge in [-0.15, -0.1) is 0 Å². The first-order chi connectivity index (χ1) is 8.56. The predicted octanol–water partition coefficient (Wildman–Crippen LogP) is 2.94. The van der Waals surface area contributed by atoms with Gasteiger partial charge in [-0.2, -0.15) is 5.26 Å². The van der Waals surface area contributed by atoms with Crippen molar-refractivity contribution < 1.29 is 0 Å². The molecule has 3 heteroatoms. The van der Waals surface area contributed by atoms with Crippen LogP contribution in [0.15, 0.2) is 53.3 Å². The molecule has 0 aliphatic rings. The molecule has 18 heavy (non-hydrogen) atoms. The van der Waals surface area contributed by atoms with Crippen LogP contribution in [0.1, 0.15) is 18.1 Å². The molecule has 0 bridgehead atoms. The molecule has 1 aromatic rings. The molecule has 0 aromatic heterocycles. The summed E-state index contributed by atoms with van der Waals surface area (Å²) in [6.07, 6.45) is 1.62. The highest BCUT2D eigenvalue weighted by Crippen LogP contribution is 2.08. The Balaban J connectivity index is 3.05. The first-order valence-corrected chi connectivity index (χ1v) is 5.67. The Bertz CT molecular complexity index is 545. The summed E-state index contributed by atoms with van der Waals surface area (Å²) in [6, 6.07) is 10.1. The standard InChI is InChI=1S/C15H17N3/c1-11-6-5-7-14(8-11)13(3)18-15(17-4)9-12(2)10-16/h5-9,17H,2H2,1,3-4H3/b15-9-,18-13+. The van der Waals surface area contributed by atoms with Crippen molar-refractivity contribution in [3.8, 4) is 6.07 Å². The average Bonchev–Trinajstić information content (AvgIpc) is 2.37. The second kappa shape index (κ2) is 6.41. The van der Waals surface area contributed by atoms with E-state index in [-0.39, 0.29) is 0 Å². The molecule has 0 fully saturated rings. The minimum atomic E-state index is 0.375. The van der Waals surface area contributed by atoms with Gasteiger partial charge in [-0.05, 0) is 25.5 Å². The van der Waals surface area contributed by atoms with Gasteiger partial charge in [0.2, 0.25) is 0 Å². The van der Waals surface area contributed by atoms with Gasteiger partial charge in [-0.3, -0.25) is 0 Å². The molecule has 0 spiro atoms. The molecule has 0 amide bonds. The minimum Gasteiger partial charge on any atom is -0.373 e. The van der Waals surface area contributed by atoms with Gasteiger partial charge >= 0.3 is 0 Å². The number of hydrogen-bond acceptors (Lipinski definition) is 3. The molecule has 0 atom stereocenters. The Labute approximate surface area is 108 Å². The van der Waals surface area contributed by atoms with E-state index in [0.29, 0.717) is 11.4 Å². The van der Waals surface area contributed by atoms with Crippen LogP contribution in [0.4, 0.5) is 0 Å². The minimum absolute atomic E-state index is 0.375. The van der Waals surface area contributed by atoms with Crippen molar-refractivity contribution in [2.45, 2.75) is 13.8 Å². The zero-order valence-corrected chi connectivity index (χ0v) is 11.0. The predicted molar refractivity (Wildman–Crippen MR) is 75.3 cm³/mol. The second-order valence-electron chi connectivity index (χ2n) is 3.98. The van der Waals surface area contributed by atoms with E-state index >= 15 is 0 Å². The highest BCUT2D eigenvalue weighted by atomic mass is 15.0. The van der Waals surface area contributed by atoms with Crippen LogP contribution in [0.25, 0.3) is 0 Å². The van der Waals surface area contributed by atoms with Gasteiger partial charge in [0.25, 0.3) is 0 Å². The summed E-state index contributed by atoms with van der Waals surface area (Å²) in [5.41, 5.74) is 3.53. The fourth-order valence-corrected chi connectivity index (χ4v) is 1.47. The summed E-state index contributed by atoms with van der Waals surface area (Å²) in [4.78, 5) is 4.45. The lowest BCUT2D eigenvalue weighted by Gasteiger charge is -2.05. The number of aryl methyl sites for hydroxylation is 1. The summed E-state index contributed by atoms with van der Waals surface area (Å²) in [7, 11) is 1.77. The van der Waals surface area contributed by atoms with Gasteiger partial charge in [0.1, 0.15) is 5.82 Å². The molecule has 1 aromatic carbocycles. The molecule has 0 saturated carbocycles. The Morgan fingerprint density at radius 2 is 2.22 bits per heavy atom. The van der Waals surface area contributed by atoms with Crippen LogP contribution in [0, 0.1) is 18.3 Å². The topological polar surface area (TPSA) is 48.2 Å². The molecule has 3 nitrogen and oxygen atoms in total. The number of nitrogens with one attached hydrogen (secondary N) is 1. The molecule has 1 N–H and O–H groups in total. The van der Waals surface area contributed by atoms with Crippen LogP contribution < -0.4 is 5.32 Å². The number of aliphatic imine (C=N–C) groups is 1. The molecule has 92 valence electrons. The van der Waals surface area contributed by atoms with E-state index < -0.39 is 0 Å². The molecule has 0 radical (unpaired) electrons. The summed E-state index contributed by atoms with van der Waals surface area (Å²) in [5.74, 6) is 0.626. The quantitative estimate of drug-likeness (QED) is 0.499. The van der Waals surface area contributed by atoms with Crippen molar-refractivity contribution in [2.75, 3.05) is 7.05 Å². The maximum Gasteiger partial charge on any atom is 0.127 e. The maximum atomic E-state index is 8.70. The molecular weight excluding hydrogens is 222 g/mol. The van der Waals surface area contributed by atoms with Crippen molar-refractivity contribution in [3.05, 3.63) is 59.4 Å². The van der Waals surface area contributed by atoms with Crippen molar-refractivity contribution in [1.82, 2.24) is 5.32 Å². The molecular formula is C15H17N3. The number of rotatable bonds is 4. The van der Waals surface area contributed by atoms with Crippen LogP contribution in [-0.4, -0.2) is 12.8 Å². The number of allylic oxidation sites excluding steroid dienone is 2. The van der Waals surface area contributed by atoms with Gasteiger partial charge in [0.15, 0.2) is 0 Å². The van der Waals surface area contributed by atoms with Gasteiger partial charge in [0.05, 0.1) is 6.07 Å². The zero-order chi connectivity index (χ0) is 13.5. The number of hydrogen-bond donors (Lipinski definition) is 1. The SMILES string of the molecule is C=C(C#N)/C=C(\N=C(/C)c1cccc(C)c1)NC. The fraction of sp³-hybridized carbons (Fsp3) is 0.200. The van der Waals surface area contributed by atoms with Gasteiger partial charge in [0, 0.05) is 18.3 Å². The Hall–Kier alpha value is -2.34. The summed E-state index contributed by atoms with van der Waals surface area (Å²) >= 11 is 0. The third kappa shape index (κ3) is 3.91. The molecule has 0 aliphatic heterocycles. The van der Waals surface area contributed by atoms with Crippen LogP contribution in [0.5, 0.6) is 0 Å². The molecule has 1 rings (SSSR count). The first-order valence-electron chi connectivity index (χ1n) is 5.67. The third-order valence-electron chi connectivity index (χ3n) is 2.43. The summed E-state index contributed by atoms with van der Waals surface area (Å²) < 4.78 is 0. The van der Waals surface area contributed by atoms with E-state index in [0.717, 1.165) is 11.3 Å². The zero-order valence-electron chi connectivity index (χ0n) is 11.0. The molecule has 0 aliphatic carbocycles. The fourth-order valence-electron chi connectivity index (χ4n) is 1.47.